The molecule has 3 heteroatoms. The van der Waals surface area contributed by atoms with Gasteiger partial charge in [0.2, 0.25) is 0 Å². The van der Waals surface area contributed by atoms with E-state index in [1.54, 1.807) is 0 Å². The molecule has 1 N–H and O–H groups in total. The van der Waals surface area contributed by atoms with Crippen molar-refractivity contribution in [2.45, 2.75) is 50.6 Å². The van der Waals surface area contributed by atoms with Gasteiger partial charge in [-0.2, -0.15) is 5.26 Å². The zero-order valence-corrected chi connectivity index (χ0v) is 10.2. The van der Waals surface area contributed by atoms with Gasteiger partial charge in [0.05, 0.1) is 6.07 Å². The van der Waals surface area contributed by atoms with Crippen LogP contribution in [0.15, 0.2) is 0 Å². The molecular weight excluding hydrogens is 186 g/mol. The summed E-state index contributed by atoms with van der Waals surface area (Å²) >= 11 is 0. The largest absolute Gasteiger partial charge is 0.303 e. The lowest BCUT2D eigenvalue weighted by Crippen LogP contribution is -2.41. The van der Waals surface area contributed by atoms with Crippen LogP contribution in [0.4, 0.5) is 0 Å². The minimum Gasteiger partial charge on any atom is -0.303 e. The van der Waals surface area contributed by atoms with Crippen LogP contribution in [0, 0.1) is 11.3 Å². The second-order valence-electron chi connectivity index (χ2n) is 4.67. The van der Waals surface area contributed by atoms with Crippen molar-refractivity contribution < 1.29 is 0 Å². The molecule has 0 heterocycles. The number of hydrogen-bond donors (Lipinski definition) is 1. The van der Waals surface area contributed by atoms with Crippen LogP contribution in [-0.2, 0) is 0 Å². The van der Waals surface area contributed by atoms with Gasteiger partial charge in [-0.3, -0.25) is 0 Å². The Bertz CT molecular complexity index is 234. The number of nitrogens with one attached hydrogen (secondary N) is 1. The number of nitriles is 1. The van der Waals surface area contributed by atoms with Crippen LogP contribution in [0.2, 0.25) is 0 Å². The highest BCUT2D eigenvalue weighted by atomic mass is 15.1. The van der Waals surface area contributed by atoms with Crippen molar-refractivity contribution in [1.82, 2.24) is 10.2 Å². The third kappa shape index (κ3) is 2.93. The number of rotatable bonds is 5. The molecule has 1 aliphatic carbocycles. The molecule has 3 nitrogen and oxygen atoms in total. The van der Waals surface area contributed by atoms with Crippen molar-refractivity contribution in [2.75, 3.05) is 20.6 Å². The van der Waals surface area contributed by atoms with Gasteiger partial charge in [0.15, 0.2) is 0 Å². The molecule has 1 rings (SSSR count). The maximum Gasteiger partial charge on any atom is 0.108 e. The van der Waals surface area contributed by atoms with Crippen molar-refractivity contribution in [3.05, 3.63) is 0 Å². The molecule has 1 fully saturated rings. The van der Waals surface area contributed by atoms with E-state index < -0.39 is 0 Å². The maximum atomic E-state index is 9.16. The summed E-state index contributed by atoms with van der Waals surface area (Å²) in [6.45, 7) is 3.38. The first-order chi connectivity index (χ1) is 7.17. The highest BCUT2D eigenvalue weighted by Gasteiger charge is 2.39. The lowest BCUT2D eigenvalue weighted by Gasteiger charge is -2.26. The molecule has 0 radical (unpaired) electrons. The van der Waals surface area contributed by atoms with Crippen LogP contribution in [0.25, 0.3) is 0 Å². The minimum absolute atomic E-state index is 0.259. The summed E-state index contributed by atoms with van der Waals surface area (Å²) in [4.78, 5) is 2.42. The van der Waals surface area contributed by atoms with Crippen LogP contribution in [-0.4, -0.2) is 37.1 Å². The monoisotopic (exact) mass is 209 g/mol. The van der Waals surface area contributed by atoms with Crippen molar-refractivity contribution in [3.63, 3.8) is 0 Å². The van der Waals surface area contributed by atoms with E-state index in [0.717, 1.165) is 25.8 Å². The Kier molecular flexibility index (Phi) is 4.56. The van der Waals surface area contributed by atoms with Crippen LogP contribution < -0.4 is 5.32 Å². The van der Waals surface area contributed by atoms with Crippen LogP contribution in [0.1, 0.15) is 39.0 Å². The average Bonchev–Trinajstić information content (AvgIpc) is 2.71. The van der Waals surface area contributed by atoms with Crippen LogP contribution in [0.3, 0.4) is 0 Å². The smallest absolute Gasteiger partial charge is 0.108 e. The first kappa shape index (κ1) is 12.5. The minimum atomic E-state index is -0.259. The summed E-state index contributed by atoms with van der Waals surface area (Å²) in [6.07, 6.45) is 5.61. The summed E-state index contributed by atoms with van der Waals surface area (Å²) in [5.74, 6) is 0. The summed E-state index contributed by atoms with van der Waals surface area (Å²) in [6, 6.07) is 3.02. The van der Waals surface area contributed by atoms with E-state index in [4.69, 9.17) is 5.26 Å². The summed E-state index contributed by atoms with van der Waals surface area (Å²) in [5, 5.41) is 12.3. The van der Waals surface area contributed by atoms with Crippen LogP contribution >= 0.6 is 0 Å². The van der Waals surface area contributed by atoms with Crippen molar-refractivity contribution in [3.8, 4) is 6.07 Å². The molecule has 1 aliphatic rings. The van der Waals surface area contributed by atoms with Gasteiger partial charge in [0, 0.05) is 6.04 Å². The van der Waals surface area contributed by atoms with E-state index in [-0.39, 0.29) is 5.54 Å². The molecule has 0 saturated heterocycles. The molecule has 86 valence electrons. The van der Waals surface area contributed by atoms with E-state index in [1.165, 1.54) is 12.8 Å². The fourth-order valence-electron chi connectivity index (χ4n) is 2.37. The Morgan fingerprint density at radius 2 is 2.33 bits per heavy atom. The quantitative estimate of drug-likeness (QED) is 0.750. The Morgan fingerprint density at radius 3 is 2.80 bits per heavy atom. The zero-order valence-electron chi connectivity index (χ0n) is 10.2. The van der Waals surface area contributed by atoms with Gasteiger partial charge in [0.25, 0.3) is 0 Å². The van der Waals surface area contributed by atoms with Gasteiger partial charge in [0.1, 0.15) is 5.54 Å². The van der Waals surface area contributed by atoms with Gasteiger partial charge in [-0.1, -0.05) is 13.3 Å². The number of nitrogens with zero attached hydrogens (tertiary/aromatic N) is 2. The molecule has 0 bridgehead atoms. The predicted octanol–water partition coefficient (Wildman–Crippen LogP) is 1.75. The first-order valence-electron chi connectivity index (χ1n) is 5.98. The SMILES string of the molecule is CCCCN(C)C1CCC(C#N)(NC)C1. The summed E-state index contributed by atoms with van der Waals surface area (Å²) < 4.78 is 0. The second kappa shape index (κ2) is 5.48. The van der Waals surface area contributed by atoms with E-state index in [0.29, 0.717) is 6.04 Å². The van der Waals surface area contributed by atoms with Crippen molar-refractivity contribution >= 4 is 0 Å². The van der Waals surface area contributed by atoms with E-state index in [2.05, 4.69) is 30.3 Å². The third-order valence-corrected chi connectivity index (χ3v) is 3.67. The average molecular weight is 209 g/mol. The Morgan fingerprint density at radius 1 is 1.60 bits per heavy atom. The molecular formula is C12H23N3. The topological polar surface area (TPSA) is 39.1 Å². The number of hydrogen-bond acceptors (Lipinski definition) is 3. The molecule has 0 aromatic heterocycles. The van der Waals surface area contributed by atoms with Gasteiger partial charge in [-0.25, -0.2) is 0 Å². The predicted molar refractivity (Wildman–Crippen MR) is 62.6 cm³/mol. The molecule has 0 amide bonds. The summed E-state index contributed by atoms with van der Waals surface area (Å²) in [5.41, 5.74) is -0.259. The molecule has 1 saturated carbocycles. The maximum absolute atomic E-state index is 9.16. The highest BCUT2D eigenvalue weighted by Crippen LogP contribution is 2.31. The standard InChI is InChI=1S/C12H23N3/c1-4-5-8-15(3)11-6-7-12(9-11,10-13)14-2/h11,14H,4-9H2,1-3H3. The fraction of sp³-hybridized carbons (Fsp3) is 0.917. The molecule has 2 unspecified atom stereocenters. The molecule has 2 atom stereocenters. The van der Waals surface area contributed by atoms with Crippen molar-refractivity contribution in [1.29, 1.82) is 5.26 Å². The fourth-order valence-corrected chi connectivity index (χ4v) is 2.37. The van der Waals surface area contributed by atoms with Gasteiger partial charge >= 0.3 is 0 Å². The molecule has 0 aromatic rings. The molecule has 0 aromatic carbocycles. The van der Waals surface area contributed by atoms with Gasteiger partial charge < -0.3 is 10.2 Å². The third-order valence-electron chi connectivity index (χ3n) is 3.67. The van der Waals surface area contributed by atoms with Gasteiger partial charge in [-0.05, 0) is 46.3 Å². The van der Waals surface area contributed by atoms with E-state index in [9.17, 15) is 0 Å². The second-order valence-corrected chi connectivity index (χ2v) is 4.67. The summed E-state index contributed by atoms with van der Waals surface area (Å²) in [7, 11) is 4.08. The van der Waals surface area contributed by atoms with Gasteiger partial charge in [-0.15, -0.1) is 0 Å². The van der Waals surface area contributed by atoms with Crippen molar-refractivity contribution in [2.24, 2.45) is 0 Å². The lowest BCUT2D eigenvalue weighted by molar-refractivity contribution is 0.234. The first-order valence-corrected chi connectivity index (χ1v) is 5.98. The van der Waals surface area contributed by atoms with E-state index >= 15 is 0 Å². The Balaban J connectivity index is 2.45. The van der Waals surface area contributed by atoms with E-state index in [1.807, 2.05) is 7.05 Å². The van der Waals surface area contributed by atoms with Crippen LogP contribution in [0.5, 0.6) is 0 Å². The normalized spacial score (nSPS) is 30.7. The Labute approximate surface area is 93.5 Å². The molecule has 15 heavy (non-hydrogen) atoms. The Hall–Kier alpha value is -0.590. The molecule has 0 aliphatic heterocycles. The highest BCUT2D eigenvalue weighted by molar-refractivity contribution is 5.12. The zero-order chi connectivity index (χ0) is 11.3. The lowest BCUT2D eigenvalue weighted by atomic mass is 10.00. The number of unbranched alkanes of at least 4 members (excludes halogenated alkanes) is 1. The molecule has 0 spiro atoms.